The van der Waals surface area contributed by atoms with Crippen LogP contribution in [0.25, 0.3) is 0 Å². The van der Waals surface area contributed by atoms with Gasteiger partial charge >= 0.3 is 0 Å². The first-order valence-electron chi connectivity index (χ1n) is 9.17. The van der Waals surface area contributed by atoms with Crippen LogP contribution in [0.5, 0.6) is 11.5 Å². The van der Waals surface area contributed by atoms with Crippen molar-refractivity contribution < 1.29 is 22.6 Å². The number of benzene rings is 1. The Morgan fingerprint density at radius 2 is 1.89 bits per heavy atom. The van der Waals surface area contributed by atoms with Crippen LogP contribution in [0.1, 0.15) is 0 Å². The number of ether oxygens (including phenoxy) is 3. The SMILES string of the molecule is CN(C[C@@H]1COc2ccccc2O1)c1ccc(S(=O)(=O)N2CCOCC2)cn1. The Balaban J connectivity index is 1.41. The number of hydrogen-bond donors (Lipinski definition) is 0. The van der Waals surface area contributed by atoms with Crippen molar-refractivity contribution in [2.45, 2.75) is 11.0 Å². The number of nitrogens with zero attached hydrogens (tertiary/aromatic N) is 3. The molecular formula is C19H23N3O5S. The number of likely N-dealkylation sites (N-methyl/N-ethyl adjacent to an activating group) is 1. The lowest BCUT2D eigenvalue weighted by Gasteiger charge is -2.30. The zero-order valence-corrected chi connectivity index (χ0v) is 16.5. The van der Waals surface area contributed by atoms with Crippen molar-refractivity contribution in [2.24, 2.45) is 0 Å². The van der Waals surface area contributed by atoms with Gasteiger partial charge in [-0.05, 0) is 24.3 Å². The number of anilines is 1. The molecule has 0 saturated carbocycles. The normalized spacial score (nSPS) is 20.0. The van der Waals surface area contributed by atoms with Gasteiger partial charge in [-0.25, -0.2) is 13.4 Å². The lowest BCUT2D eigenvalue weighted by Crippen LogP contribution is -2.41. The molecule has 3 heterocycles. The number of aromatic nitrogens is 1. The number of morpholine rings is 1. The molecule has 0 radical (unpaired) electrons. The minimum absolute atomic E-state index is 0.140. The van der Waals surface area contributed by atoms with Crippen LogP contribution in [0.15, 0.2) is 47.5 Å². The van der Waals surface area contributed by atoms with E-state index in [4.69, 9.17) is 14.2 Å². The van der Waals surface area contributed by atoms with Gasteiger partial charge in [0.2, 0.25) is 10.0 Å². The van der Waals surface area contributed by atoms with Crippen molar-refractivity contribution in [1.82, 2.24) is 9.29 Å². The summed E-state index contributed by atoms with van der Waals surface area (Å²) in [6.07, 6.45) is 1.27. The van der Waals surface area contributed by atoms with E-state index in [2.05, 4.69) is 4.98 Å². The lowest BCUT2D eigenvalue weighted by molar-refractivity contribution is 0.0730. The number of hydrogen-bond acceptors (Lipinski definition) is 7. The highest BCUT2D eigenvalue weighted by atomic mass is 32.2. The van der Waals surface area contributed by atoms with Crippen LogP contribution in [-0.4, -0.2) is 70.3 Å². The molecule has 0 aliphatic carbocycles. The molecule has 150 valence electrons. The van der Waals surface area contributed by atoms with Gasteiger partial charge in [0.05, 0.1) is 19.8 Å². The quantitative estimate of drug-likeness (QED) is 0.743. The molecular weight excluding hydrogens is 382 g/mol. The van der Waals surface area contributed by atoms with Crippen LogP contribution < -0.4 is 14.4 Å². The molecule has 0 spiro atoms. The van der Waals surface area contributed by atoms with Gasteiger partial charge < -0.3 is 19.1 Å². The van der Waals surface area contributed by atoms with Crippen LogP contribution in [0.2, 0.25) is 0 Å². The summed E-state index contributed by atoms with van der Waals surface area (Å²) in [6, 6.07) is 10.9. The summed E-state index contributed by atoms with van der Waals surface area (Å²) in [5.41, 5.74) is 0. The standard InChI is InChI=1S/C19H23N3O5S/c1-21(13-15-14-26-17-4-2-3-5-18(17)27-15)19-7-6-16(12-20-19)28(23,24)22-8-10-25-11-9-22/h2-7,12,15H,8-11,13-14H2,1H3/t15-/m1/s1. The fourth-order valence-corrected chi connectivity index (χ4v) is 4.59. The maximum atomic E-state index is 12.7. The number of sulfonamides is 1. The third-order valence-electron chi connectivity index (χ3n) is 4.76. The molecule has 1 aromatic carbocycles. The smallest absolute Gasteiger partial charge is 0.244 e. The average Bonchev–Trinajstić information content (AvgIpc) is 2.74. The molecule has 0 N–H and O–H groups in total. The molecule has 9 heteroatoms. The number of fused-ring (bicyclic) bond motifs is 1. The van der Waals surface area contributed by atoms with Crippen molar-refractivity contribution in [2.75, 3.05) is 51.4 Å². The van der Waals surface area contributed by atoms with Crippen molar-refractivity contribution in [3.63, 3.8) is 0 Å². The van der Waals surface area contributed by atoms with Gasteiger partial charge in [-0.2, -0.15) is 4.31 Å². The van der Waals surface area contributed by atoms with E-state index >= 15 is 0 Å². The molecule has 1 fully saturated rings. The Morgan fingerprint density at radius 3 is 2.61 bits per heavy atom. The van der Waals surface area contributed by atoms with Crippen LogP contribution in [0.4, 0.5) is 5.82 Å². The Morgan fingerprint density at radius 1 is 1.14 bits per heavy atom. The molecule has 2 aliphatic heterocycles. The van der Waals surface area contributed by atoms with E-state index in [9.17, 15) is 8.42 Å². The van der Waals surface area contributed by atoms with Crippen molar-refractivity contribution in [1.29, 1.82) is 0 Å². The summed E-state index contributed by atoms with van der Waals surface area (Å²) in [7, 11) is -1.65. The lowest BCUT2D eigenvalue weighted by atomic mass is 10.2. The predicted octanol–water partition coefficient (Wildman–Crippen LogP) is 1.38. The van der Waals surface area contributed by atoms with Gasteiger partial charge in [0, 0.05) is 26.3 Å². The minimum atomic E-state index is -3.54. The van der Waals surface area contributed by atoms with Gasteiger partial charge in [-0.15, -0.1) is 0 Å². The molecule has 28 heavy (non-hydrogen) atoms. The van der Waals surface area contributed by atoms with Gasteiger partial charge in [0.25, 0.3) is 0 Å². The molecule has 8 nitrogen and oxygen atoms in total. The summed E-state index contributed by atoms with van der Waals surface area (Å²) >= 11 is 0. The predicted molar refractivity (Wildman–Crippen MR) is 103 cm³/mol. The highest BCUT2D eigenvalue weighted by Crippen LogP contribution is 2.31. The van der Waals surface area contributed by atoms with Crippen molar-refractivity contribution in [3.05, 3.63) is 42.6 Å². The highest BCUT2D eigenvalue weighted by Gasteiger charge is 2.27. The molecule has 0 amide bonds. The fraction of sp³-hybridized carbons (Fsp3) is 0.421. The first-order valence-corrected chi connectivity index (χ1v) is 10.6. The van der Waals surface area contributed by atoms with Gasteiger partial charge in [0.15, 0.2) is 17.6 Å². The monoisotopic (exact) mass is 405 g/mol. The van der Waals surface area contributed by atoms with Gasteiger partial charge in [-0.1, -0.05) is 12.1 Å². The third kappa shape index (κ3) is 3.91. The number of para-hydroxylation sites is 2. The summed E-state index contributed by atoms with van der Waals surface area (Å²) in [4.78, 5) is 6.46. The molecule has 1 atom stereocenters. The molecule has 0 bridgehead atoms. The van der Waals surface area contributed by atoms with Crippen LogP contribution in [-0.2, 0) is 14.8 Å². The summed E-state index contributed by atoms with van der Waals surface area (Å²) in [5, 5.41) is 0. The number of rotatable bonds is 5. The second kappa shape index (κ2) is 7.94. The zero-order chi connectivity index (χ0) is 19.6. The van der Waals surface area contributed by atoms with Gasteiger partial charge in [-0.3, -0.25) is 0 Å². The van der Waals surface area contributed by atoms with E-state index in [1.807, 2.05) is 36.2 Å². The first kappa shape index (κ1) is 19.0. The van der Waals surface area contributed by atoms with E-state index in [0.717, 1.165) is 11.5 Å². The van der Waals surface area contributed by atoms with Crippen molar-refractivity contribution in [3.8, 4) is 11.5 Å². The maximum Gasteiger partial charge on any atom is 0.244 e. The fourth-order valence-electron chi connectivity index (χ4n) is 3.24. The van der Waals surface area contributed by atoms with Gasteiger partial charge in [0.1, 0.15) is 17.3 Å². The summed E-state index contributed by atoms with van der Waals surface area (Å²) in [6.45, 7) is 2.58. The van der Waals surface area contributed by atoms with Crippen molar-refractivity contribution >= 4 is 15.8 Å². The van der Waals surface area contributed by atoms with E-state index in [1.165, 1.54) is 10.5 Å². The molecule has 1 aromatic heterocycles. The second-order valence-corrected chi connectivity index (χ2v) is 8.68. The van der Waals surface area contributed by atoms with Crippen LogP contribution >= 0.6 is 0 Å². The molecule has 2 aromatic rings. The number of pyridine rings is 1. The maximum absolute atomic E-state index is 12.7. The highest BCUT2D eigenvalue weighted by molar-refractivity contribution is 7.89. The minimum Gasteiger partial charge on any atom is -0.486 e. The Bertz CT molecular complexity index is 913. The topological polar surface area (TPSA) is 81.2 Å². The Kier molecular flexibility index (Phi) is 5.38. The molecule has 1 saturated heterocycles. The van der Waals surface area contributed by atoms with E-state index < -0.39 is 10.0 Å². The van der Waals surface area contributed by atoms with Crippen LogP contribution in [0, 0.1) is 0 Å². The van der Waals surface area contributed by atoms with E-state index in [0.29, 0.717) is 45.3 Å². The third-order valence-corrected chi connectivity index (χ3v) is 6.65. The summed E-state index contributed by atoms with van der Waals surface area (Å²) in [5.74, 6) is 2.15. The largest absolute Gasteiger partial charge is 0.486 e. The van der Waals surface area contributed by atoms with E-state index in [1.54, 1.807) is 12.1 Å². The molecule has 0 unspecified atom stereocenters. The second-order valence-electron chi connectivity index (χ2n) is 6.75. The zero-order valence-electron chi connectivity index (χ0n) is 15.7. The van der Waals surface area contributed by atoms with E-state index in [-0.39, 0.29) is 11.0 Å². The Labute approximate surface area is 164 Å². The first-order chi connectivity index (χ1) is 13.5. The average molecular weight is 405 g/mol. The Hall–Kier alpha value is -2.36. The summed E-state index contributed by atoms with van der Waals surface area (Å²) < 4.78 is 43.7. The molecule has 4 rings (SSSR count). The van der Waals surface area contributed by atoms with Crippen LogP contribution in [0.3, 0.4) is 0 Å². The molecule has 2 aliphatic rings.